The van der Waals surface area contributed by atoms with Gasteiger partial charge in [0.05, 0.1) is 5.92 Å². The number of hydrogen-bond donors (Lipinski definition) is 2. The van der Waals surface area contributed by atoms with Crippen LogP contribution in [0.15, 0.2) is 0 Å². The summed E-state index contributed by atoms with van der Waals surface area (Å²) in [6, 6.07) is -0.192. The molecule has 0 saturated heterocycles. The Morgan fingerprint density at radius 1 is 1.50 bits per heavy atom. The van der Waals surface area contributed by atoms with Gasteiger partial charge in [-0.3, -0.25) is 4.79 Å². The number of carboxylic acids is 1. The van der Waals surface area contributed by atoms with Gasteiger partial charge in [-0.05, 0) is 18.3 Å². The molecule has 3 atom stereocenters. The van der Waals surface area contributed by atoms with Crippen LogP contribution in [0.3, 0.4) is 0 Å². The molecule has 1 unspecified atom stereocenters. The zero-order valence-corrected chi connectivity index (χ0v) is 9.07. The summed E-state index contributed by atoms with van der Waals surface area (Å²) >= 11 is 0. The van der Waals surface area contributed by atoms with Crippen molar-refractivity contribution < 1.29 is 9.90 Å². The first-order chi connectivity index (χ1) is 6.52. The largest absolute Gasteiger partial charge is 0.481 e. The third kappa shape index (κ3) is 2.71. The van der Waals surface area contributed by atoms with Gasteiger partial charge >= 0.3 is 5.97 Å². The van der Waals surface area contributed by atoms with E-state index in [1.807, 2.05) is 0 Å². The van der Waals surface area contributed by atoms with Crippen LogP contribution >= 0.6 is 0 Å². The number of nitrogens with two attached hydrogens (primary N) is 1. The Labute approximate surface area is 85.7 Å². The van der Waals surface area contributed by atoms with Crippen molar-refractivity contribution >= 4 is 5.97 Å². The van der Waals surface area contributed by atoms with Crippen molar-refractivity contribution in [1.29, 1.82) is 0 Å². The summed E-state index contributed by atoms with van der Waals surface area (Å²) in [7, 11) is 0. The molecule has 1 rings (SSSR count). The molecule has 14 heavy (non-hydrogen) atoms. The highest BCUT2D eigenvalue weighted by Gasteiger charge is 2.28. The molecule has 0 aliphatic heterocycles. The van der Waals surface area contributed by atoms with Crippen LogP contribution in [0.4, 0.5) is 0 Å². The Kier molecular flexibility index (Phi) is 3.93. The van der Waals surface area contributed by atoms with Crippen molar-refractivity contribution in [2.24, 2.45) is 23.5 Å². The van der Waals surface area contributed by atoms with Gasteiger partial charge in [0.2, 0.25) is 0 Å². The molecule has 0 amide bonds. The van der Waals surface area contributed by atoms with Crippen LogP contribution in [0.2, 0.25) is 0 Å². The van der Waals surface area contributed by atoms with E-state index in [0.717, 1.165) is 12.3 Å². The lowest BCUT2D eigenvalue weighted by atomic mass is 9.73. The predicted octanol–water partition coefficient (Wildman–Crippen LogP) is 1.86. The highest BCUT2D eigenvalue weighted by atomic mass is 16.4. The number of carbonyl (C=O) groups is 1. The summed E-state index contributed by atoms with van der Waals surface area (Å²) in [6.07, 6.45) is 4.78. The number of carboxylic acid groups (broad SMARTS) is 1. The molecule has 0 aromatic carbocycles. The lowest BCUT2D eigenvalue weighted by Gasteiger charge is -2.33. The van der Waals surface area contributed by atoms with Gasteiger partial charge < -0.3 is 10.8 Å². The number of aliphatic carboxylic acids is 1. The van der Waals surface area contributed by atoms with E-state index in [1.54, 1.807) is 6.92 Å². The minimum absolute atomic E-state index is 0.192. The SMILES string of the molecule is CC(C(=O)O)[C@@H](N)C[C@H](C)C1CCC1. The Morgan fingerprint density at radius 3 is 2.43 bits per heavy atom. The molecule has 82 valence electrons. The minimum Gasteiger partial charge on any atom is -0.481 e. The van der Waals surface area contributed by atoms with Crippen LogP contribution in [-0.2, 0) is 4.79 Å². The third-order valence-electron chi connectivity index (χ3n) is 3.63. The Morgan fingerprint density at radius 2 is 2.07 bits per heavy atom. The van der Waals surface area contributed by atoms with E-state index in [0.29, 0.717) is 5.92 Å². The number of hydrogen-bond acceptors (Lipinski definition) is 2. The van der Waals surface area contributed by atoms with Crippen molar-refractivity contribution in [2.75, 3.05) is 0 Å². The topological polar surface area (TPSA) is 63.3 Å². The molecule has 0 bridgehead atoms. The van der Waals surface area contributed by atoms with E-state index >= 15 is 0 Å². The van der Waals surface area contributed by atoms with Crippen molar-refractivity contribution in [3.63, 3.8) is 0 Å². The van der Waals surface area contributed by atoms with Gasteiger partial charge in [0, 0.05) is 6.04 Å². The molecule has 1 fully saturated rings. The zero-order valence-electron chi connectivity index (χ0n) is 9.07. The van der Waals surface area contributed by atoms with Gasteiger partial charge in [-0.25, -0.2) is 0 Å². The molecule has 3 N–H and O–H groups in total. The van der Waals surface area contributed by atoms with Gasteiger partial charge in [-0.15, -0.1) is 0 Å². The summed E-state index contributed by atoms with van der Waals surface area (Å²) in [4.78, 5) is 10.7. The minimum atomic E-state index is -0.779. The second-order valence-corrected chi connectivity index (χ2v) is 4.69. The monoisotopic (exact) mass is 199 g/mol. The third-order valence-corrected chi connectivity index (χ3v) is 3.63. The fourth-order valence-corrected chi connectivity index (χ4v) is 2.02. The van der Waals surface area contributed by atoms with E-state index in [-0.39, 0.29) is 6.04 Å². The van der Waals surface area contributed by atoms with E-state index in [2.05, 4.69) is 6.92 Å². The first-order valence-electron chi connectivity index (χ1n) is 5.50. The molecule has 3 nitrogen and oxygen atoms in total. The summed E-state index contributed by atoms with van der Waals surface area (Å²) in [6.45, 7) is 3.89. The summed E-state index contributed by atoms with van der Waals surface area (Å²) in [5.41, 5.74) is 5.85. The molecule has 0 heterocycles. The van der Waals surface area contributed by atoms with Crippen LogP contribution in [-0.4, -0.2) is 17.1 Å². The second-order valence-electron chi connectivity index (χ2n) is 4.69. The Hall–Kier alpha value is -0.570. The van der Waals surface area contributed by atoms with E-state index in [1.165, 1.54) is 19.3 Å². The fraction of sp³-hybridized carbons (Fsp3) is 0.909. The lowest BCUT2D eigenvalue weighted by Crippen LogP contribution is -2.36. The first kappa shape index (κ1) is 11.5. The van der Waals surface area contributed by atoms with Gasteiger partial charge in [0.15, 0.2) is 0 Å². The predicted molar refractivity (Wildman–Crippen MR) is 55.9 cm³/mol. The average Bonchev–Trinajstić information content (AvgIpc) is 1.98. The van der Waals surface area contributed by atoms with Crippen molar-refractivity contribution in [3.8, 4) is 0 Å². The van der Waals surface area contributed by atoms with Crippen molar-refractivity contribution in [3.05, 3.63) is 0 Å². The van der Waals surface area contributed by atoms with E-state index in [9.17, 15) is 4.79 Å². The first-order valence-corrected chi connectivity index (χ1v) is 5.50. The summed E-state index contributed by atoms with van der Waals surface area (Å²) in [5.74, 6) is 0.179. The normalized spacial score (nSPS) is 23.6. The van der Waals surface area contributed by atoms with Crippen LogP contribution in [0.5, 0.6) is 0 Å². The maximum absolute atomic E-state index is 10.7. The van der Waals surface area contributed by atoms with Gasteiger partial charge in [-0.1, -0.05) is 33.1 Å². The lowest BCUT2D eigenvalue weighted by molar-refractivity contribution is -0.141. The standard InChI is InChI=1S/C11H21NO2/c1-7(9-4-3-5-9)6-10(12)8(2)11(13)14/h7-10H,3-6,12H2,1-2H3,(H,13,14)/t7-,8?,10-/m0/s1. The maximum atomic E-state index is 10.7. The highest BCUT2D eigenvalue weighted by molar-refractivity contribution is 5.70. The smallest absolute Gasteiger partial charge is 0.307 e. The quantitative estimate of drug-likeness (QED) is 0.710. The second kappa shape index (κ2) is 4.78. The average molecular weight is 199 g/mol. The summed E-state index contributed by atoms with van der Waals surface area (Å²) < 4.78 is 0. The zero-order chi connectivity index (χ0) is 10.7. The van der Waals surface area contributed by atoms with Crippen LogP contribution in [0.1, 0.15) is 39.5 Å². The molecule has 0 aromatic rings. The van der Waals surface area contributed by atoms with E-state index in [4.69, 9.17) is 10.8 Å². The Balaban J connectivity index is 2.31. The molecule has 3 heteroatoms. The van der Waals surface area contributed by atoms with Crippen LogP contribution in [0.25, 0.3) is 0 Å². The molecular formula is C11H21NO2. The fourth-order valence-electron chi connectivity index (χ4n) is 2.02. The van der Waals surface area contributed by atoms with Crippen molar-refractivity contribution in [2.45, 2.75) is 45.6 Å². The van der Waals surface area contributed by atoms with Crippen molar-refractivity contribution in [1.82, 2.24) is 0 Å². The molecule has 0 spiro atoms. The van der Waals surface area contributed by atoms with Gasteiger partial charge in [0.1, 0.15) is 0 Å². The van der Waals surface area contributed by atoms with Crippen LogP contribution in [0, 0.1) is 17.8 Å². The molecule has 1 aliphatic rings. The maximum Gasteiger partial charge on any atom is 0.307 e. The number of rotatable bonds is 5. The molecule has 1 aliphatic carbocycles. The van der Waals surface area contributed by atoms with E-state index < -0.39 is 11.9 Å². The molecule has 0 aromatic heterocycles. The van der Waals surface area contributed by atoms with Crippen LogP contribution < -0.4 is 5.73 Å². The molecule has 0 radical (unpaired) electrons. The summed E-state index contributed by atoms with van der Waals surface area (Å²) in [5, 5.41) is 8.80. The molecule has 1 saturated carbocycles. The highest BCUT2D eigenvalue weighted by Crippen LogP contribution is 2.35. The molecular weight excluding hydrogens is 178 g/mol. The Bertz CT molecular complexity index is 201. The van der Waals surface area contributed by atoms with Gasteiger partial charge in [-0.2, -0.15) is 0 Å². The van der Waals surface area contributed by atoms with Gasteiger partial charge in [0.25, 0.3) is 0 Å².